The monoisotopic (exact) mass is 411 g/mol. The van der Waals surface area contributed by atoms with Crippen molar-refractivity contribution >= 4 is 34.8 Å². The number of hydrogen-bond acceptors (Lipinski definition) is 4. The van der Waals surface area contributed by atoms with Crippen molar-refractivity contribution in [3.63, 3.8) is 0 Å². The van der Waals surface area contributed by atoms with Crippen molar-refractivity contribution < 1.29 is 14.3 Å². The molecule has 27 heavy (non-hydrogen) atoms. The van der Waals surface area contributed by atoms with Gasteiger partial charge in [-0.1, -0.05) is 23.2 Å². The molecular formula is C19H20Cl2FN3O2. The molecule has 1 aromatic carbocycles. The number of amides is 1. The average molecular weight is 412 g/mol. The molecule has 1 aliphatic rings. The Labute approximate surface area is 167 Å². The van der Waals surface area contributed by atoms with Crippen molar-refractivity contribution in [1.82, 2.24) is 10.3 Å². The van der Waals surface area contributed by atoms with Crippen LogP contribution in [0.25, 0.3) is 0 Å². The van der Waals surface area contributed by atoms with Gasteiger partial charge in [-0.3, -0.25) is 4.79 Å². The van der Waals surface area contributed by atoms with Crippen LogP contribution < -0.4 is 10.2 Å². The number of piperidine rings is 1. The van der Waals surface area contributed by atoms with Crippen molar-refractivity contribution in [1.29, 1.82) is 0 Å². The smallest absolute Gasteiger partial charge is 0.271 e. The zero-order chi connectivity index (χ0) is 19.6. The first-order valence-corrected chi connectivity index (χ1v) is 9.46. The van der Waals surface area contributed by atoms with Crippen LogP contribution in [0.15, 0.2) is 30.3 Å². The van der Waals surface area contributed by atoms with Gasteiger partial charge < -0.3 is 15.3 Å². The first-order chi connectivity index (χ1) is 12.8. The quantitative estimate of drug-likeness (QED) is 0.746. The van der Waals surface area contributed by atoms with Crippen LogP contribution in [0, 0.1) is 5.82 Å². The highest BCUT2D eigenvalue weighted by Crippen LogP contribution is 2.30. The lowest BCUT2D eigenvalue weighted by molar-refractivity contribution is 0.0935. The molecule has 0 bridgehead atoms. The molecule has 2 aromatic rings. The Morgan fingerprint density at radius 2 is 2.00 bits per heavy atom. The van der Waals surface area contributed by atoms with Gasteiger partial charge in [0.15, 0.2) is 0 Å². The molecule has 0 radical (unpaired) electrons. The van der Waals surface area contributed by atoms with Gasteiger partial charge in [0.2, 0.25) is 0 Å². The molecule has 1 atom stereocenters. The number of rotatable bonds is 4. The third kappa shape index (κ3) is 4.69. The number of carbonyl (C=O) groups is 1. The second-order valence-electron chi connectivity index (χ2n) is 6.58. The first-order valence-electron chi connectivity index (χ1n) is 8.70. The van der Waals surface area contributed by atoms with Crippen LogP contribution in [0.1, 0.15) is 41.9 Å². The Morgan fingerprint density at radius 3 is 2.70 bits per heavy atom. The van der Waals surface area contributed by atoms with Crippen molar-refractivity contribution in [3.8, 4) is 0 Å². The number of carbonyl (C=O) groups excluding carboxylic acids is 1. The number of aliphatic hydroxyl groups is 1. The highest BCUT2D eigenvalue weighted by atomic mass is 35.5. The van der Waals surface area contributed by atoms with E-state index in [9.17, 15) is 14.3 Å². The molecule has 1 saturated heterocycles. The van der Waals surface area contributed by atoms with Crippen molar-refractivity contribution in [2.24, 2.45) is 0 Å². The molecule has 0 unspecified atom stereocenters. The minimum atomic E-state index is -0.487. The van der Waals surface area contributed by atoms with E-state index in [4.69, 9.17) is 23.2 Å². The summed E-state index contributed by atoms with van der Waals surface area (Å²) in [6.07, 6.45) is 0.998. The minimum Gasteiger partial charge on any atom is -0.393 e. The standard InChI is InChI=1S/C19H20Cl2FN3O2/c1-11(23-19(27)18-15(20)3-5-17(21)24-18)14-10-12(22)2-4-16(14)25-8-6-13(26)7-9-25/h2-5,10-11,13,26H,6-9H2,1H3,(H,23,27)/t11-/m0/s1. The molecule has 5 nitrogen and oxygen atoms in total. The molecular weight excluding hydrogens is 392 g/mol. The van der Waals surface area contributed by atoms with Crippen molar-refractivity contribution in [2.75, 3.05) is 18.0 Å². The highest BCUT2D eigenvalue weighted by molar-refractivity contribution is 6.34. The molecule has 8 heteroatoms. The number of anilines is 1. The minimum absolute atomic E-state index is 0.0232. The second-order valence-corrected chi connectivity index (χ2v) is 7.38. The zero-order valence-electron chi connectivity index (χ0n) is 14.8. The molecule has 0 aliphatic carbocycles. The number of pyridine rings is 1. The number of nitrogens with zero attached hydrogens (tertiary/aromatic N) is 2. The summed E-state index contributed by atoms with van der Waals surface area (Å²) in [5.74, 6) is -0.870. The molecule has 3 rings (SSSR count). The van der Waals surface area contributed by atoms with Crippen LogP contribution in [0.5, 0.6) is 0 Å². The number of benzene rings is 1. The van der Waals surface area contributed by atoms with Crippen LogP contribution in [0.4, 0.5) is 10.1 Å². The van der Waals surface area contributed by atoms with E-state index < -0.39 is 11.9 Å². The molecule has 2 heterocycles. The number of hydrogen-bond donors (Lipinski definition) is 2. The van der Waals surface area contributed by atoms with E-state index in [1.807, 2.05) is 0 Å². The molecule has 1 amide bonds. The van der Waals surface area contributed by atoms with Gasteiger partial charge in [0.1, 0.15) is 16.7 Å². The maximum absolute atomic E-state index is 13.9. The highest BCUT2D eigenvalue weighted by Gasteiger charge is 2.23. The Hall–Kier alpha value is -1.89. The van der Waals surface area contributed by atoms with Gasteiger partial charge in [0, 0.05) is 24.3 Å². The summed E-state index contributed by atoms with van der Waals surface area (Å²) < 4.78 is 13.9. The summed E-state index contributed by atoms with van der Waals surface area (Å²) in [4.78, 5) is 18.6. The predicted molar refractivity (Wildman–Crippen MR) is 104 cm³/mol. The number of aliphatic hydroxyl groups excluding tert-OH is 1. The lowest BCUT2D eigenvalue weighted by Gasteiger charge is -2.34. The van der Waals surface area contributed by atoms with Crippen LogP contribution >= 0.6 is 23.2 Å². The Balaban J connectivity index is 1.83. The van der Waals surface area contributed by atoms with Gasteiger partial charge >= 0.3 is 0 Å². The SMILES string of the molecule is C[C@H](NC(=O)c1nc(Cl)ccc1Cl)c1cc(F)ccc1N1CCC(O)CC1. The van der Waals surface area contributed by atoms with E-state index in [2.05, 4.69) is 15.2 Å². The fraction of sp³-hybridized carbons (Fsp3) is 0.368. The summed E-state index contributed by atoms with van der Waals surface area (Å²) >= 11 is 11.9. The van der Waals surface area contributed by atoms with Crippen LogP contribution in [-0.2, 0) is 0 Å². The molecule has 0 saturated carbocycles. The van der Waals surface area contributed by atoms with E-state index in [1.54, 1.807) is 13.0 Å². The van der Waals surface area contributed by atoms with Crippen molar-refractivity contribution in [3.05, 3.63) is 57.6 Å². The number of nitrogens with one attached hydrogen (secondary N) is 1. The van der Waals surface area contributed by atoms with Gasteiger partial charge in [0.05, 0.1) is 17.2 Å². The molecule has 2 N–H and O–H groups in total. The van der Waals surface area contributed by atoms with E-state index in [0.717, 1.165) is 5.69 Å². The molecule has 1 aromatic heterocycles. The van der Waals surface area contributed by atoms with Gasteiger partial charge in [-0.05, 0) is 50.1 Å². The van der Waals surface area contributed by atoms with E-state index >= 15 is 0 Å². The molecule has 1 aliphatic heterocycles. The normalized spacial score (nSPS) is 16.3. The molecule has 0 spiro atoms. The molecule has 144 valence electrons. The second kappa shape index (κ2) is 8.42. The maximum atomic E-state index is 13.9. The predicted octanol–water partition coefficient (Wildman–Crippen LogP) is 3.98. The molecule has 1 fully saturated rings. The van der Waals surface area contributed by atoms with Gasteiger partial charge in [-0.2, -0.15) is 0 Å². The van der Waals surface area contributed by atoms with Gasteiger partial charge in [0.25, 0.3) is 5.91 Å². The number of halogens is 3. The first kappa shape index (κ1) is 19.9. The lowest BCUT2D eigenvalue weighted by Crippen LogP contribution is -2.37. The fourth-order valence-electron chi connectivity index (χ4n) is 3.19. The van der Waals surface area contributed by atoms with E-state index in [0.29, 0.717) is 31.5 Å². The summed E-state index contributed by atoms with van der Waals surface area (Å²) in [7, 11) is 0. The van der Waals surface area contributed by atoms with Gasteiger partial charge in [-0.25, -0.2) is 9.37 Å². The van der Waals surface area contributed by atoms with Gasteiger partial charge in [-0.15, -0.1) is 0 Å². The average Bonchev–Trinajstić information content (AvgIpc) is 2.64. The van der Waals surface area contributed by atoms with Crippen LogP contribution in [0.3, 0.4) is 0 Å². The summed E-state index contributed by atoms with van der Waals surface area (Å²) in [5, 5.41) is 12.9. The van der Waals surface area contributed by atoms with Crippen LogP contribution in [-0.4, -0.2) is 35.2 Å². The fourth-order valence-corrected chi connectivity index (χ4v) is 3.53. The number of aromatic nitrogens is 1. The summed E-state index contributed by atoms with van der Waals surface area (Å²) in [6, 6.07) is 7.04. The zero-order valence-corrected chi connectivity index (χ0v) is 16.3. The Bertz CT molecular complexity index is 842. The largest absolute Gasteiger partial charge is 0.393 e. The topological polar surface area (TPSA) is 65.5 Å². The Kier molecular flexibility index (Phi) is 6.19. The van der Waals surface area contributed by atoms with E-state index in [1.165, 1.54) is 24.3 Å². The summed E-state index contributed by atoms with van der Waals surface area (Å²) in [5.41, 5.74) is 1.51. The summed E-state index contributed by atoms with van der Waals surface area (Å²) in [6.45, 7) is 3.11. The lowest BCUT2D eigenvalue weighted by atomic mass is 10.0. The van der Waals surface area contributed by atoms with Crippen molar-refractivity contribution in [2.45, 2.75) is 31.9 Å². The van der Waals surface area contributed by atoms with E-state index in [-0.39, 0.29) is 27.8 Å². The van der Waals surface area contributed by atoms with Crippen LogP contribution in [0.2, 0.25) is 10.2 Å². The third-order valence-electron chi connectivity index (χ3n) is 4.64. The third-order valence-corrected chi connectivity index (χ3v) is 5.15. The Morgan fingerprint density at radius 1 is 1.30 bits per heavy atom. The maximum Gasteiger partial charge on any atom is 0.271 e.